The fourth-order valence-electron chi connectivity index (χ4n) is 1.24. The Morgan fingerprint density at radius 1 is 1.38 bits per heavy atom. The van der Waals surface area contributed by atoms with Crippen LogP contribution in [0.2, 0.25) is 0 Å². The molecule has 0 aliphatic carbocycles. The lowest BCUT2D eigenvalue weighted by Crippen LogP contribution is -2.29. The molecule has 0 spiro atoms. The zero-order valence-corrected chi connectivity index (χ0v) is 9.44. The summed E-state index contributed by atoms with van der Waals surface area (Å²) >= 11 is 0. The van der Waals surface area contributed by atoms with Gasteiger partial charge in [-0.1, -0.05) is 18.2 Å². The van der Waals surface area contributed by atoms with E-state index in [0.29, 0.717) is 13.0 Å². The number of aliphatic hydroxyl groups is 1. The summed E-state index contributed by atoms with van der Waals surface area (Å²) in [4.78, 5) is 11.4. The number of hydrogen-bond acceptors (Lipinski definition) is 3. The Balaban J connectivity index is 2.17. The lowest BCUT2D eigenvalue weighted by Gasteiger charge is -2.07. The van der Waals surface area contributed by atoms with E-state index in [4.69, 9.17) is 5.11 Å². The maximum atomic E-state index is 11.4. The van der Waals surface area contributed by atoms with E-state index in [1.54, 1.807) is 6.92 Å². The highest BCUT2D eigenvalue weighted by Gasteiger charge is 2.01. The molecule has 0 heterocycles. The largest absolute Gasteiger partial charge is 0.393 e. The topological polar surface area (TPSA) is 61.4 Å². The number of anilines is 1. The molecule has 0 aliphatic heterocycles. The molecule has 0 fully saturated rings. The number of amides is 1. The maximum absolute atomic E-state index is 11.4. The Morgan fingerprint density at radius 2 is 2.06 bits per heavy atom. The van der Waals surface area contributed by atoms with Gasteiger partial charge in [-0.2, -0.15) is 0 Å². The number of carbonyl (C=O) groups excluding carboxylic acids is 1. The van der Waals surface area contributed by atoms with E-state index in [-0.39, 0.29) is 18.6 Å². The van der Waals surface area contributed by atoms with E-state index in [0.717, 1.165) is 5.69 Å². The highest BCUT2D eigenvalue weighted by atomic mass is 16.3. The smallest absolute Gasteiger partial charge is 0.238 e. The van der Waals surface area contributed by atoms with E-state index < -0.39 is 0 Å². The van der Waals surface area contributed by atoms with Crippen LogP contribution < -0.4 is 10.6 Å². The molecule has 0 radical (unpaired) electrons. The Labute approximate surface area is 95.7 Å². The van der Waals surface area contributed by atoms with Crippen molar-refractivity contribution in [2.24, 2.45) is 0 Å². The average molecular weight is 222 g/mol. The van der Waals surface area contributed by atoms with Crippen LogP contribution in [0.1, 0.15) is 13.3 Å². The third kappa shape index (κ3) is 5.48. The SMILES string of the molecule is CC(O)CCNCC(=O)Nc1ccccc1. The lowest BCUT2D eigenvalue weighted by atomic mass is 10.3. The summed E-state index contributed by atoms with van der Waals surface area (Å²) in [6, 6.07) is 9.32. The van der Waals surface area contributed by atoms with Crippen molar-refractivity contribution in [3.05, 3.63) is 30.3 Å². The normalized spacial score (nSPS) is 12.1. The van der Waals surface area contributed by atoms with Gasteiger partial charge in [0.1, 0.15) is 0 Å². The zero-order valence-electron chi connectivity index (χ0n) is 9.44. The van der Waals surface area contributed by atoms with Gasteiger partial charge in [0.05, 0.1) is 12.6 Å². The molecule has 1 rings (SSSR count). The van der Waals surface area contributed by atoms with Crippen molar-refractivity contribution in [1.82, 2.24) is 5.32 Å². The van der Waals surface area contributed by atoms with Crippen LogP contribution in [-0.4, -0.2) is 30.2 Å². The van der Waals surface area contributed by atoms with Crippen LogP contribution in [0.25, 0.3) is 0 Å². The molecule has 0 aliphatic rings. The standard InChI is InChI=1S/C12H18N2O2/c1-10(15)7-8-13-9-12(16)14-11-5-3-2-4-6-11/h2-6,10,13,15H,7-9H2,1H3,(H,14,16). The molecule has 4 nitrogen and oxygen atoms in total. The maximum Gasteiger partial charge on any atom is 0.238 e. The third-order valence-electron chi connectivity index (χ3n) is 2.08. The molecule has 0 saturated carbocycles. The quantitative estimate of drug-likeness (QED) is 0.629. The number of rotatable bonds is 6. The summed E-state index contributed by atoms with van der Waals surface area (Å²) < 4.78 is 0. The van der Waals surface area contributed by atoms with Crippen molar-refractivity contribution in [3.63, 3.8) is 0 Å². The molecule has 16 heavy (non-hydrogen) atoms. The summed E-state index contributed by atoms with van der Waals surface area (Å²) in [6.45, 7) is 2.63. The van der Waals surface area contributed by atoms with Gasteiger partial charge >= 0.3 is 0 Å². The number of para-hydroxylation sites is 1. The summed E-state index contributed by atoms with van der Waals surface area (Å²) in [7, 11) is 0. The predicted octanol–water partition coefficient (Wildman–Crippen LogP) is 0.986. The molecule has 1 unspecified atom stereocenters. The molecule has 1 aromatic carbocycles. The van der Waals surface area contributed by atoms with Gasteiger partial charge in [-0.15, -0.1) is 0 Å². The molecule has 1 amide bonds. The summed E-state index contributed by atoms with van der Waals surface area (Å²) in [5, 5.41) is 14.7. The van der Waals surface area contributed by atoms with Gasteiger partial charge in [0, 0.05) is 5.69 Å². The molecular weight excluding hydrogens is 204 g/mol. The van der Waals surface area contributed by atoms with Gasteiger partial charge in [-0.25, -0.2) is 0 Å². The van der Waals surface area contributed by atoms with E-state index in [9.17, 15) is 4.79 Å². The Hall–Kier alpha value is -1.39. The van der Waals surface area contributed by atoms with Gasteiger partial charge in [0.25, 0.3) is 0 Å². The minimum atomic E-state index is -0.329. The summed E-state index contributed by atoms with van der Waals surface area (Å²) in [6.07, 6.45) is 0.322. The van der Waals surface area contributed by atoms with E-state index in [1.807, 2.05) is 30.3 Å². The Bertz CT molecular complexity index is 312. The van der Waals surface area contributed by atoms with Crippen molar-refractivity contribution >= 4 is 11.6 Å². The second-order valence-corrected chi connectivity index (χ2v) is 3.73. The average Bonchev–Trinajstić information content (AvgIpc) is 2.25. The van der Waals surface area contributed by atoms with E-state index in [2.05, 4.69) is 10.6 Å². The summed E-state index contributed by atoms with van der Waals surface area (Å²) in [5.74, 6) is -0.0724. The van der Waals surface area contributed by atoms with Gasteiger partial charge in [0.2, 0.25) is 5.91 Å². The first kappa shape index (κ1) is 12.7. The minimum absolute atomic E-state index is 0.0724. The fraction of sp³-hybridized carbons (Fsp3) is 0.417. The molecule has 88 valence electrons. The molecule has 4 heteroatoms. The monoisotopic (exact) mass is 222 g/mol. The van der Waals surface area contributed by atoms with Crippen LogP contribution in [-0.2, 0) is 4.79 Å². The molecule has 3 N–H and O–H groups in total. The third-order valence-corrected chi connectivity index (χ3v) is 2.08. The van der Waals surface area contributed by atoms with Crippen LogP contribution in [0.3, 0.4) is 0 Å². The van der Waals surface area contributed by atoms with Crippen LogP contribution >= 0.6 is 0 Å². The first-order valence-corrected chi connectivity index (χ1v) is 5.42. The van der Waals surface area contributed by atoms with Crippen molar-refractivity contribution in [2.75, 3.05) is 18.4 Å². The van der Waals surface area contributed by atoms with Gasteiger partial charge in [0.15, 0.2) is 0 Å². The molecule has 0 aromatic heterocycles. The Kier molecular flexibility index (Phi) is 5.53. The molecule has 1 atom stereocenters. The van der Waals surface area contributed by atoms with E-state index >= 15 is 0 Å². The van der Waals surface area contributed by atoms with Crippen LogP contribution in [0.5, 0.6) is 0 Å². The number of aliphatic hydroxyl groups excluding tert-OH is 1. The molecule has 0 bridgehead atoms. The highest BCUT2D eigenvalue weighted by molar-refractivity contribution is 5.92. The minimum Gasteiger partial charge on any atom is -0.393 e. The van der Waals surface area contributed by atoms with Gasteiger partial charge < -0.3 is 15.7 Å². The van der Waals surface area contributed by atoms with Gasteiger partial charge in [-0.3, -0.25) is 4.79 Å². The van der Waals surface area contributed by atoms with E-state index in [1.165, 1.54) is 0 Å². The second-order valence-electron chi connectivity index (χ2n) is 3.73. The van der Waals surface area contributed by atoms with Crippen LogP contribution in [0.4, 0.5) is 5.69 Å². The predicted molar refractivity (Wildman–Crippen MR) is 64.2 cm³/mol. The first-order chi connectivity index (χ1) is 7.68. The molecule has 1 aromatic rings. The van der Waals surface area contributed by atoms with Gasteiger partial charge in [-0.05, 0) is 32.0 Å². The highest BCUT2D eigenvalue weighted by Crippen LogP contribution is 2.03. The van der Waals surface area contributed by atoms with Crippen molar-refractivity contribution in [1.29, 1.82) is 0 Å². The number of benzene rings is 1. The molecule has 0 saturated heterocycles. The number of hydrogen-bond donors (Lipinski definition) is 3. The number of carbonyl (C=O) groups is 1. The Morgan fingerprint density at radius 3 is 2.69 bits per heavy atom. The number of nitrogens with one attached hydrogen (secondary N) is 2. The lowest BCUT2D eigenvalue weighted by molar-refractivity contribution is -0.115. The zero-order chi connectivity index (χ0) is 11.8. The van der Waals surface area contributed by atoms with Crippen molar-refractivity contribution < 1.29 is 9.90 Å². The first-order valence-electron chi connectivity index (χ1n) is 5.42. The van der Waals surface area contributed by atoms with Crippen molar-refractivity contribution in [3.8, 4) is 0 Å². The molecular formula is C12H18N2O2. The fourth-order valence-corrected chi connectivity index (χ4v) is 1.24. The second kappa shape index (κ2) is 6.98. The summed E-state index contributed by atoms with van der Waals surface area (Å²) in [5.41, 5.74) is 0.796. The van der Waals surface area contributed by atoms with Crippen LogP contribution in [0, 0.1) is 0 Å². The van der Waals surface area contributed by atoms with Crippen LogP contribution in [0.15, 0.2) is 30.3 Å². The van der Waals surface area contributed by atoms with Crippen molar-refractivity contribution in [2.45, 2.75) is 19.4 Å².